The standard InChI is InChI=1S/C19H25N3O5/c1-3-11-20-15(23)13-27-16(24)12-22-17(25)19(2,21-18(22)26)10-9-14-7-5-4-6-8-14/h4-8H,3,9-13H2,1-2H3,(H,20,23)(H,21,26)/t19-/m0/s1. The van der Waals surface area contributed by atoms with Crippen molar-refractivity contribution >= 4 is 23.8 Å². The van der Waals surface area contributed by atoms with Gasteiger partial charge in [-0.2, -0.15) is 0 Å². The fourth-order valence-corrected chi connectivity index (χ4v) is 2.74. The molecule has 146 valence electrons. The molecule has 4 amide bonds. The molecule has 1 aromatic rings. The highest BCUT2D eigenvalue weighted by Gasteiger charge is 2.48. The number of imide groups is 1. The second kappa shape index (κ2) is 9.16. The maximum Gasteiger partial charge on any atom is 0.326 e. The van der Waals surface area contributed by atoms with Crippen LogP contribution in [0.1, 0.15) is 32.3 Å². The number of urea groups is 1. The normalized spacial score (nSPS) is 19.0. The lowest BCUT2D eigenvalue weighted by molar-refractivity contribution is -0.151. The Morgan fingerprint density at radius 1 is 1.22 bits per heavy atom. The Labute approximate surface area is 158 Å². The lowest BCUT2D eigenvalue weighted by Crippen LogP contribution is -2.44. The molecule has 2 rings (SSSR count). The van der Waals surface area contributed by atoms with Crippen LogP contribution in [0.3, 0.4) is 0 Å². The van der Waals surface area contributed by atoms with Gasteiger partial charge in [0.25, 0.3) is 11.8 Å². The summed E-state index contributed by atoms with van der Waals surface area (Å²) in [6, 6.07) is 8.98. The second-order valence-corrected chi connectivity index (χ2v) is 6.65. The number of aryl methyl sites for hydroxylation is 1. The highest BCUT2D eigenvalue weighted by atomic mass is 16.5. The van der Waals surface area contributed by atoms with Crippen molar-refractivity contribution in [3.05, 3.63) is 35.9 Å². The molecule has 0 aliphatic carbocycles. The fourth-order valence-electron chi connectivity index (χ4n) is 2.74. The van der Waals surface area contributed by atoms with Gasteiger partial charge in [0.05, 0.1) is 0 Å². The Kier molecular flexibility index (Phi) is 6.92. The molecular formula is C19H25N3O5. The van der Waals surface area contributed by atoms with Gasteiger partial charge >= 0.3 is 12.0 Å². The van der Waals surface area contributed by atoms with Gasteiger partial charge in [-0.15, -0.1) is 0 Å². The average Bonchev–Trinajstić information content (AvgIpc) is 2.87. The molecule has 8 nitrogen and oxygen atoms in total. The fraction of sp³-hybridized carbons (Fsp3) is 0.474. The molecular weight excluding hydrogens is 350 g/mol. The Morgan fingerprint density at radius 3 is 2.59 bits per heavy atom. The number of nitrogens with zero attached hydrogens (tertiary/aromatic N) is 1. The molecule has 0 saturated carbocycles. The number of hydrogen-bond donors (Lipinski definition) is 2. The number of nitrogens with one attached hydrogen (secondary N) is 2. The SMILES string of the molecule is CCCNC(=O)COC(=O)CN1C(=O)N[C@@](C)(CCc2ccccc2)C1=O. The molecule has 27 heavy (non-hydrogen) atoms. The molecule has 8 heteroatoms. The summed E-state index contributed by atoms with van der Waals surface area (Å²) < 4.78 is 4.83. The van der Waals surface area contributed by atoms with Gasteiger partial charge in [0.15, 0.2) is 6.61 Å². The molecule has 1 aliphatic rings. The summed E-state index contributed by atoms with van der Waals surface area (Å²) in [4.78, 5) is 48.9. The number of amides is 4. The topological polar surface area (TPSA) is 105 Å². The first-order valence-electron chi connectivity index (χ1n) is 8.96. The summed E-state index contributed by atoms with van der Waals surface area (Å²) in [5, 5.41) is 5.22. The Hall–Kier alpha value is -2.90. The molecule has 1 fully saturated rings. The van der Waals surface area contributed by atoms with E-state index >= 15 is 0 Å². The molecule has 1 aromatic carbocycles. The van der Waals surface area contributed by atoms with Crippen LogP contribution in [0.25, 0.3) is 0 Å². The van der Waals surface area contributed by atoms with Crippen LogP contribution in [-0.4, -0.2) is 54.0 Å². The zero-order valence-corrected chi connectivity index (χ0v) is 15.6. The van der Waals surface area contributed by atoms with Crippen molar-refractivity contribution in [2.75, 3.05) is 19.7 Å². The minimum absolute atomic E-state index is 0.409. The maximum absolute atomic E-state index is 12.6. The van der Waals surface area contributed by atoms with E-state index in [1.165, 1.54) is 0 Å². The quantitative estimate of drug-likeness (QED) is 0.495. The van der Waals surface area contributed by atoms with Gasteiger partial charge < -0.3 is 15.4 Å². The summed E-state index contributed by atoms with van der Waals surface area (Å²) in [7, 11) is 0. The molecule has 0 bridgehead atoms. The van der Waals surface area contributed by atoms with Crippen LogP contribution in [0, 0.1) is 0 Å². The monoisotopic (exact) mass is 375 g/mol. The van der Waals surface area contributed by atoms with Crippen LogP contribution in [0.4, 0.5) is 4.79 Å². The first kappa shape index (κ1) is 20.4. The van der Waals surface area contributed by atoms with E-state index in [9.17, 15) is 19.2 Å². The number of carbonyl (C=O) groups excluding carboxylic acids is 4. The molecule has 1 heterocycles. The van der Waals surface area contributed by atoms with Gasteiger partial charge in [0.2, 0.25) is 0 Å². The van der Waals surface area contributed by atoms with Gasteiger partial charge in [-0.25, -0.2) is 4.79 Å². The smallest absolute Gasteiger partial charge is 0.326 e. The van der Waals surface area contributed by atoms with Gasteiger partial charge in [0.1, 0.15) is 12.1 Å². The minimum Gasteiger partial charge on any atom is -0.454 e. The third-order valence-corrected chi connectivity index (χ3v) is 4.33. The van der Waals surface area contributed by atoms with E-state index in [0.29, 0.717) is 19.4 Å². The molecule has 2 N–H and O–H groups in total. The lowest BCUT2D eigenvalue weighted by atomic mass is 9.93. The van der Waals surface area contributed by atoms with E-state index in [-0.39, 0.29) is 0 Å². The van der Waals surface area contributed by atoms with Gasteiger partial charge in [-0.05, 0) is 31.7 Å². The Morgan fingerprint density at radius 2 is 1.93 bits per heavy atom. The first-order chi connectivity index (χ1) is 12.9. The van der Waals surface area contributed by atoms with E-state index < -0.39 is 42.5 Å². The number of hydrogen-bond acceptors (Lipinski definition) is 5. The third-order valence-electron chi connectivity index (χ3n) is 4.33. The highest BCUT2D eigenvalue weighted by molar-refractivity contribution is 6.08. The van der Waals surface area contributed by atoms with E-state index in [1.807, 2.05) is 37.3 Å². The van der Waals surface area contributed by atoms with Crippen LogP contribution >= 0.6 is 0 Å². The van der Waals surface area contributed by atoms with Crippen LogP contribution in [-0.2, 0) is 25.5 Å². The number of rotatable bonds is 9. The second-order valence-electron chi connectivity index (χ2n) is 6.65. The molecule has 1 atom stereocenters. The third kappa shape index (κ3) is 5.54. The Bertz CT molecular complexity index is 707. The number of benzene rings is 1. The number of esters is 1. The van der Waals surface area contributed by atoms with E-state index in [2.05, 4.69) is 10.6 Å². The van der Waals surface area contributed by atoms with Crippen LogP contribution < -0.4 is 10.6 Å². The predicted octanol–water partition coefficient (Wildman–Crippen LogP) is 0.999. The molecule has 0 spiro atoms. The van der Waals surface area contributed by atoms with Crippen LogP contribution in [0.2, 0.25) is 0 Å². The van der Waals surface area contributed by atoms with Crippen molar-refractivity contribution in [1.29, 1.82) is 0 Å². The molecule has 1 saturated heterocycles. The van der Waals surface area contributed by atoms with Gasteiger partial charge in [0, 0.05) is 6.54 Å². The lowest BCUT2D eigenvalue weighted by Gasteiger charge is -2.21. The predicted molar refractivity (Wildman–Crippen MR) is 97.7 cm³/mol. The highest BCUT2D eigenvalue weighted by Crippen LogP contribution is 2.23. The van der Waals surface area contributed by atoms with Crippen molar-refractivity contribution in [3.8, 4) is 0 Å². The average molecular weight is 375 g/mol. The zero-order chi connectivity index (χ0) is 19.9. The van der Waals surface area contributed by atoms with E-state index in [1.54, 1.807) is 6.92 Å². The summed E-state index contributed by atoms with van der Waals surface area (Å²) in [6.45, 7) is 3.07. The van der Waals surface area contributed by atoms with Crippen molar-refractivity contribution in [2.45, 2.75) is 38.6 Å². The van der Waals surface area contributed by atoms with Crippen molar-refractivity contribution in [2.24, 2.45) is 0 Å². The molecule has 0 unspecified atom stereocenters. The van der Waals surface area contributed by atoms with Gasteiger partial charge in [-0.3, -0.25) is 19.3 Å². The van der Waals surface area contributed by atoms with E-state index in [4.69, 9.17) is 4.74 Å². The first-order valence-corrected chi connectivity index (χ1v) is 8.96. The zero-order valence-electron chi connectivity index (χ0n) is 15.6. The number of carbonyl (C=O) groups is 4. The van der Waals surface area contributed by atoms with Crippen molar-refractivity contribution in [3.63, 3.8) is 0 Å². The van der Waals surface area contributed by atoms with Crippen LogP contribution in [0.15, 0.2) is 30.3 Å². The van der Waals surface area contributed by atoms with Crippen molar-refractivity contribution in [1.82, 2.24) is 15.5 Å². The Balaban J connectivity index is 1.87. The largest absolute Gasteiger partial charge is 0.454 e. The minimum atomic E-state index is -1.08. The molecule has 0 radical (unpaired) electrons. The number of ether oxygens (including phenoxy) is 1. The summed E-state index contributed by atoms with van der Waals surface area (Å²) in [5.41, 5.74) is -0.0251. The summed E-state index contributed by atoms with van der Waals surface area (Å²) in [6.07, 6.45) is 1.79. The van der Waals surface area contributed by atoms with Crippen LogP contribution in [0.5, 0.6) is 0 Å². The molecule has 1 aliphatic heterocycles. The maximum atomic E-state index is 12.6. The summed E-state index contributed by atoms with van der Waals surface area (Å²) in [5.74, 6) is -1.71. The molecule has 0 aromatic heterocycles. The van der Waals surface area contributed by atoms with Gasteiger partial charge in [-0.1, -0.05) is 37.3 Å². The van der Waals surface area contributed by atoms with Crippen molar-refractivity contribution < 1.29 is 23.9 Å². The summed E-state index contributed by atoms with van der Waals surface area (Å²) >= 11 is 0. The van der Waals surface area contributed by atoms with E-state index in [0.717, 1.165) is 16.9 Å².